The summed E-state index contributed by atoms with van der Waals surface area (Å²) in [5.41, 5.74) is 0. The van der Waals surface area contributed by atoms with Gasteiger partial charge >= 0.3 is 41.5 Å². The molecule has 0 aromatic carbocycles. The molecule has 7 heteroatoms. The van der Waals surface area contributed by atoms with E-state index < -0.39 is 18.0 Å². The first-order valence-corrected chi connectivity index (χ1v) is 12.1. The van der Waals surface area contributed by atoms with Crippen LogP contribution in [0.1, 0.15) is 124 Å². The van der Waals surface area contributed by atoms with Gasteiger partial charge in [0.2, 0.25) is 5.91 Å². The van der Waals surface area contributed by atoms with Crippen molar-refractivity contribution in [3.63, 3.8) is 0 Å². The smallest absolute Gasteiger partial charge is 1.00 e. The van der Waals surface area contributed by atoms with Crippen molar-refractivity contribution >= 4 is 17.8 Å². The number of aliphatic carboxylic acids is 1. The summed E-state index contributed by atoms with van der Waals surface area (Å²) >= 11 is 0. The molecular formula is C24H46NNaO5. The van der Waals surface area contributed by atoms with Crippen molar-refractivity contribution in [3.8, 4) is 0 Å². The normalized spacial score (nSPS) is 11.4. The summed E-state index contributed by atoms with van der Waals surface area (Å²) in [6, 6.07) is -1.03. The summed E-state index contributed by atoms with van der Waals surface area (Å²) in [5.74, 6) is -1.86. The molecule has 0 saturated heterocycles. The van der Waals surface area contributed by atoms with Crippen LogP contribution < -0.4 is 34.9 Å². The van der Waals surface area contributed by atoms with Crippen LogP contribution in [0.25, 0.3) is 0 Å². The number of hydrogen-bond donors (Lipinski definition) is 2. The van der Waals surface area contributed by atoms with Crippen LogP contribution in [-0.2, 0) is 19.1 Å². The third kappa shape index (κ3) is 22.4. The Morgan fingerprint density at radius 2 is 1.19 bits per heavy atom. The molecule has 6 nitrogen and oxygen atoms in total. The van der Waals surface area contributed by atoms with Gasteiger partial charge in [0.15, 0.2) is 0 Å². The number of methoxy groups -OCH3 is 1. The molecule has 0 radical (unpaired) electrons. The molecule has 0 bridgehead atoms. The second-order valence-corrected chi connectivity index (χ2v) is 8.27. The van der Waals surface area contributed by atoms with Gasteiger partial charge in [0, 0.05) is 12.8 Å². The van der Waals surface area contributed by atoms with Crippen LogP contribution in [0.5, 0.6) is 0 Å². The monoisotopic (exact) mass is 451 g/mol. The van der Waals surface area contributed by atoms with Gasteiger partial charge in [-0.2, -0.15) is 0 Å². The van der Waals surface area contributed by atoms with Crippen LogP contribution >= 0.6 is 0 Å². The van der Waals surface area contributed by atoms with E-state index in [2.05, 4.69) is 17.0 Å². The molecule has 0 aliphatic carbocycles. The van der Waals surface area contributed by atoms with Crippen LogP contribution in [0.3, 0.4) is 0 Å². The van der Waals surface area contributed by atoms with Crippen LogP contribution in [0.2, 0.25) is 0 Å². The third-order valence-corrected chi connectivity index (χ3v) is 5.51. The molecule has 2 N–H and O–H groups in total. The zero-order chi connectivity index (χ0) is 22.5. The average molecular weight is 452 g/mol. The second kappa shape index (κ2) is 24.1. The molecule has 0 aliphatic rings. The first-order valence-electron chi connectivity index (χ1n) is 12.1. The Kier molecular flexibility index (Phi) is 25.3. The Bertz CT molecular complexity index is 466. The topological polar surface area (TPSA) is 92.7 Å². The van der Waals surface area contributed by atoms with Gasteiger partial charge in [0.1, 0.15) is 6.04 Å². The van der Waals surface area contributed by atoms with Crippen LogP contribution in [0.4, 0.5) is 0 Å². The number of hydrogen-bond acceptors (Lipinski definition) is 4. The third-order valence-electron chi connectivity index (χ3n) is 5.51. The molecule has 178 valence electrons. The Balaban J connectivity index is -0.00000420. The fourth-order valence-corrected chi connectivity index (χ4v) is 3.55. The predicted molar refractivity (Wildman–Crippen MR) is 121 cm³/mol. The van der Waals surface area contributed by atoms with E-state index in [9.17, 15) is 14.4 Å². The number of carbonyl (C=O) groups is 3. The van der Waals surface area contributed by atoms with Gasteiger partial charge < -0.3 is 16.6 Å². The van der Waals surface area contributed by atoms with Gasteiger partial charge in [0.05, 0.1) is 7.11 Å². The van der Waals surface area contributed by atoms with E-state index in [0.717, 1.165) is 19.3 Å². The Morgan fingerprint density at radius 1 is 0.774 bits per heavy atom. The summed E-state index contributed by atoms with van der Waals surface area (Å²) in [7, 11) is 1.26. The van der Waals surface area contributed by atoms with Crippen molar-refractivity contribution in [2.75, 3.05) is 7.11 Å². The summed E-state index contributed by atoms with van der Waals surface area (Å²) in [6.45, 7) is 2.26. The minimum absolute atomic E-state index is 0. The van der Waals surface area contributed by atoms with Crippen molar-refractivity contribution in [1.82, 2.24) is 5.32 Å². The molecule has 0 aliphatic heterocycles. The summed E-state index contributed by atoms with van der Waals surface area (Å²) < 4.78 is 4.50. The molecule has 0 fully saturated rings. The second-order valence-electron chi connectivity index (χ2n) is 8.27. The van der Waals surface area contributed by atoms with E-state index >= 15 is 0 Å². The van der Waals surface area contributed by atoms with Gasteiger partial charge in [-0.15, -0.1) is 0 Å². The molecule has 0 unspecified atom stereocenters. The number of carboxylic acid groups (broad SMARTS) is 1. The van der Waals surface area contributed by atoms with Gasteiger partial charge in [-0.3, -0.25) is 9.59 Å². The first kappa shape index (κ1) is 32.6. The Morgan fingerprint density at radius 3 is 1.58 bits per heavy atom. The molecule has 1 atom stereocenters. The number of nitrogens with one attached hydrogen (secondary N) is 1. The summed E-state index contributed by atoms with van der Waals surface area (Å²) in [4.78, 5) is 34.2. The maximum atomic E-state index is 11.9. The molecule has 1 amide bonds. The molecule has 31 heavy (non-hydrogen) atoms. The number of carboxylic acids is 1. The van der Waals surface area contributed by atoms with Crippen LogP contribution in [0.15, 0.2) is 0 Å². The van der Waals surface area contributed by atoms with E-state index in [1.807, 2.05) is 0 Å². The molecule has 0 heterocycles. The zero-order valence-corrected chi connectivity index (χ0v) is 22.4. The minimum atomic E-state index is -1.12. The average Bonchev–Trinajstić information content (AvgIpc) is 2.73. The molecule has 0 rings (SSSR count). The van der Waals surface area contributed by atoms with E-state index in [0.29, 0.717) is 6.42 Å². The van der Waals surface area contributed by atoms with Gasteiger partial charge in [-0.25, -0.2) is 4.79 Å². The molecule has 0 aromatic heterocycles. The zero-order valence-electron chi connectivity index (χ0n) is 21.4. The number of amides is 1. The minimum Gasteiger partial charge on any atom is -1.00 e. The largest absolute Gasteiger partial charge is 1.00 e. The molecule has 0 saturated carbocycles. The van der Waals surface area contributed by atoms with E-state index in [1.54, 1.807) is 0 Å². The summed E-state index contributed by atoms with van der Waals surface area (Å²) in [6.07, 6.45) is 19.3. The quantitative estimate of drug-likeness (QED) is 0.159. The molecular weight excluding hydrogens is 405 g/mol. The van der Waals surface area contributed by atoms with Crippen molar-refractivity contribution in [3.05, 3.63) is 0 Å². The maximum absolute atomic E-state index is 11.9. The van der Waals surface area contributed by atoms with Crippen molar-refractivity contribution in [2.45, 2.75) is 129 Å². The number of ether oxygens (including phenoxy) is 1. The van der Waals surface area contributed by atoms with E-state index in [-0.39, 0.29) is 49.7 Å². The van der Waals surface area contributed by atoms with Crippen LogP contribution in [-0.4, -0.2) is 36.1 Å². The SMILES string of the molecule is CCCCCCCCCCCCCCCCCC(=O)N[C@@H](CCC(=O)OC)C(=O)O.[H-].[Na+]. The fraction of sp³-hybridized carbons (Fsp3) is 0.875. The standard InChI is InChI=1S/C24H45NO5.Na.H/c1-3-4-5-6-7-8-9-10-11-12-13-14-15-16-17-18-22(26)25-21(24(28)29)19-20-23(27)30-2;;/h21H,3-20H2,1-2H3,(H,25,26)(H,28,29);;/q;+1;-1/t21-;;/m0../s1. The van der Waals surface area contributed by atoms with Gasteiger partial charge in [0.25, 0.3) is 0 Å². The Labute approximate surface area is 213 Å². The molecule has 0 spiro atoms. The van der Waals surface area contributed by atoms with E-state index in [4.69, 9.17) is 5.11 Å². The Hall–Kier alpha value is -0.590. The van der Waals surface area contributed by atoms with Crippen molar-refractivity contribution in [2.24, 2.45) is 0 Å². The van der Waals surface area contributed by atoms with Crippen molar-refractivity contribution < 1.29 is 55.2 Å². The maximum Gasteiger partial charge on any atom is 1.00 e. The number of carbonyl (C=O) groups excluding carboxylic acids is 2. The van der Waals surface area contributed by atoms with Crippen molar-refractivity contribution in [1.29, 1.82) is 0 Å². The van der Waals surface area contributed by atoms with Gasteiger partial charge in [-0.05, 0) is 12.8 Å². The number of rotatable bonds is 21. The van der Waals surface area contributed by atoms with E-state index in [1.165, 1.54) is 84.2 Å². The summed E-state index contributed by atoms with van der Waals surface area (Å²) in [5, 5.41) is 11.6. The predicted octanol–water partition coefficient (Wildman–Crippen LogP) is 2.89. The number of unbranched alkanes of at least 4 members (excludes halogenated alkanes) is 14. The first-order chi connectivity index (χ1) is 14.5. The fourth-order valence-electron chi connectivity index (χ4n) is 3.55. The van der Waals surface area contributed by atoms with Gasteiger partial charge in [-0.1, -0.05) is 96.8 Å². The number of esters is 1. The molecule has 0 aromatic rings. The van der Waals surface area contributed by atoms with Crippen LogP contribution in [0, 0.1) is 0 Å².